The van der Waals surface area contributed by atoms with Crippen LogP contribution in [0, 0.1) is 6.92 Å². The molecule has 2 aromatic carbocycles. The lowest BCUT2D eigenvalue weighted by Crippen LogP contribution is -2.19. The fourth-order valence-corrected chi connectivity index (χ4v) is 2.74. The number of rotatable bonds is 5. The van der Waals surface area contributed by atoms with E-state index in [0.717, 1.165) is 5.56 Å². The van der Waals surface area contributed by atoms with Crippen LogP contribution >= 0.6 is 0 Å². The quantitative estimate of drug-likeness (QED) is 0.464. The lowest BCUT2D eigenvalue weighted by Gasteiger charge is -2.09. The molecule has 0 aliphatic rings. The standard InChI is InChI=1S/C20H18N4O4/c1-11-2-6-13(7-3-11)23-20(28)24-14-8-4-12(5-9-14)16-15(19(26)27)10-22-17(16)18(21)25/h2-10,22H,1H3,(H2,21,25)(H,26,27)(H2,23,24,28). The van der Waals surface area contributed by atoms with Crippen molar-refractivity contribution in [3.63, 3.8) is 0 Å². The molecule has 0 atom stereocenters. The number of H-pyrrole nitrogens is 1. The van der Waals surface area contributed by atoms with E-state index in [1.165, 1.54) is 6.20 Å². The summed E-state index contributed by atoms with van der Waals surface area (Å²) in [5.41, 5.74) is 8.19. The number of aromatic nitrogens is 1. The van der Waals surface area contributed by atoms with Gasteiger partial charge >= 0.3 is 12.0 Å². The fourth-order valence-electron chi connectivity index (χ4n) is 2.74. The van der Waals surface area contributed by atoms with Crippen LogP contribution < -0.4 is 16.4 Å². The molecule has 0 aliphatic carbocycles. The van der Waals surface area contributed by atoms with Crippen molar-refractivity contribution in [2.45, 2.75) is 6.92 Å². The number of amides is 3. The molecule has 142 valence electrons. The summed E-state index contributed by atoms with van der Waals surface area (Å²) in [6.45, 7) is 1.95. The Hall–Kier alpha value is -4.07. The highest BCUT2D eigenvalue weighted by Crippen LogP contribution is 2.29. The van der Waals surface area contributed by atoms with Gasteiger partial charge in [0.25, 0.3) is 5.91 Å². The van der Waals surface area contributed by atoms with E-state index in [-0.39, 0.29) is 16.8 Å². The smallest absolute Gasteiger partial charge is 0.337 e. The summed E-state index contributed by atoms with van der Waals surface area (Å²) in [6.07, 6.45) is 1.22. The van der Waals surface area contributed by atoms with Gasteiger partial charge in [-0.3, -0.25) is 4.79 Å². The van der Waals surface area contributed by atoms with Crippen molar-refractivity contribution in [3.05, 3.63) is 71.5 Å². The number of aromatic amines is 1. The molecule has 8 nitrogen and oxygen atoms in total. The third kappa shape index (κ3) is 4.01. The average molecular weight is 378 g/mol. The first-order valence-corrected chi connectivity index (χ1v) is 8.34. The molecule has 8 heteroatoms. The van der Waals surface area contributed by atoms with Crippen molar-refractivity contribution in [2.75, 3.05) is 10.6 Å². The highest BCUT2D eigenvalue weighted by atomic mass is 16.4. The number of nitrogens with two attached hydrogens (primary N) is 1. The number of carbonyl (C=O) groups excluding carboxylic acids is 2. The number of benzene rings is 2. The van der Waals surface area contributed by atoms with Crippen LogP contribution in [-0.4, -0.2) is 28.0 Å². The fraction of sp³-hybridized carbons (Fsp3) is 0.0500. The van der Waals surface area contributed by atoms with Gasteiger partial charge in [0.05, 0.1) is 5.56 Å². The third-order valence-corrected chi connectivity index (χ3v) is 4.10. The predicted molar refractivity (Wildman–Crippen MR) is 106 cm³/mol. The molecule has 6 N–H and O–H groups in total. The Balaban J connectivity index is 1.78. The van der Waals surface area contributed by atoms with Crippen LogP contribution in [0.4, 0.5) is 16.2 Å². The summed E-state index contributed by atoms with van der Waals surface area (Å²) < 4.78 is 0. The van der Waals surface area contributed by atoms with E-state index in [1.807, 2.05) is 19.1 Å². The lowest BCUT2D eigenvalue weighted by molar-refractivity contribution is 0.0697. The van der Waals surface area contributed by atoms with Gasteiger partial charge in [0, 0.05) is 23.1 Å². The van der Waals surface area contributed by atoms with Gasteiger partial charge in [0.1, 0.15) is 5.69 Å². The number of aromatic carboxylic acids is 1. The number of nitrogens with one attached hydrogen (secondary N) is 3. The summed E-state index contributed by atoms with van der Waals surface area (Å²) in [6, 6.07) is 13.4. The maximum Gasteiger partial charge on any atom is 0.337 e. The van der Waals surface area contributed by atoms with E-state index in [2.05, 4.69) is 15.6 Å². The Morgan fingerprint density at radius 3 is 1.96 bits per heavy atom. The van der Waals surface area contributed by atoms with Crippen molar-refractivity contribution < 1.29 is 19.5 Å². The molecular weight excluding hydrogens is 360 g/mol. The van der Waals surface area contributed by atoms with Gasteiger partial charge < -0.3 is 26.5 Å². The number of carboxylic acid groups (broad SMARTS) is 1. The van der Waals surface area contributed by atoms with Crippen molar-refractivity contribution in [3.8, 4) is 11.1 Å². The van der Waals surface area contributed by atoms with Crippen LogP contribution in [0.3, 0.4) is 0 Å². The second kappa shape index (κ2) is 7.67. The van der Waals surface area contributed by atoms with Crippen LogP contribution in [0.2, 0.25) is 0 Å². The molecule has 1 aromatic heterocycles. The Morgan fingerprint density at radius 2 is 1.46 bits per heavy atom. The topological polar surface area (TPSA) is 137 Å². The van der Waals surface area contributed by atoms with Crippen LogP contribution in [0.15, 0.2) is 54.7 Å². The first-order valence-electron chi connectivity index (χ1n) is 8.34. The molecule has 3 rings (SSSR count). The minimum atomic E-state index is -1.18. The van der Waals surface area contributed by atoms with Crippen molar-refractivity contribution >= 4 is 29.3 Å². The van der Waals surface area contributed by atoms with E-state index in [0.29, 0.717) is 16.9 Å². The van der Waals surface area contributed by atoms with E-state index >= 15 is 0 Å². The molecule has 0 aliphatic heterocycles. The molecular formula is C20H18N4O4. The number of aryl methyl sites for hydroxylation is 1. The summed E-state index contributed by atoms with van der Waals surface area (Å²) in [4.78, 5) is 37.7. The van der Waals surface area contributed by atoms with Crippen LogP contribution in [0.25, 0.3) is 11.1 Å². The van der Waals surface area contributed by atoms with Crippen LogP contribution in [0.5, 0.6) is 0 Å². The summed E-state index contributed by atoms with van der Waals surface area (Å²) in [7, 11) is 0. The molecule has 0 bridgehead atoms. The number of carbonyl (C=O) groups is 3. The van der Waals surface area contributed by atoms with Gasteiger partial charge in [-0.15, -0.1) is 0 Å². The third-order valence-electron chi connectivity index (χ3n) is 4.10. The predicted octanol–water partition coefficient (Wildman–Crippen LogP) is 3.43. The Bertz CT molecular complexity index is 1010. The molecule has 28 heavy (non-hydrogen) atoms. The summed E-state index contributed by atoms with van der Waals surface area (Å²) >= 11 is 0. The van der Waals surface area contributed by atoms with E-state index < -0.39 is 17.9 Å². The van der Waals surface area contributed by atoms with Gasteiger partial charge in [0.2, 0.25) is 0 Å². The minimum Gasteiger partial charge on any atom is -0.478 e. The SMILES string of the molecule is Cc1ccc(NC(=O)Nc2ccc(-c3c(C(=O)O)c[nH]c3C(N)=O)cc2)cc1. The molecule has 1 heterocycles. The maximum atomic E-state index is 12.1. The van der Waals surface area contributed by atoms with Gasteiger partial charge in [-0.25, -0.2) is 9.59 Å². The monoisotopic (exact) mass is 378 g/mol. The van der Waals surface area contributed by atoms with Gasteiger partial charge in [0.15, 0.2) is 0 Å². The highest BCUT2D eigenvalue weighted by molar-refractivity contribution is 6.06. The number of anilines is 2. The first-order chi connectivity index (χ1) is 13.3. The van der Waals surface area contributed by atoms with Crippen molar-refractivity contribution in [1.29, 1.82) is 0 Å². The zero-order valence-electron chi connectivity index (χ0n) is 14.9. The highest BCUT2D eigenvalue weighted by Gasteiger charge is 2.21. The molecule has 0 saturated heterocycles. The zero-order valence-corrected chi connectivity index (χ0v) is 14.9. The van der Waals surface area contributed by atoms with E-state index in [4.69, 9.17) is 5.73 Å². The molecule has 3 aromatic rings. The second-order valence-corrected chi connectivity index (χ2v) is 6.14. The molecule has 0 radical (unpaired) electrons. The van der Waals surface area contributed by atoms with Crippen molar-refractivity contribution in [1.82, 2.24) is 4.98 Å². The molecule has 0 spiro atoms. The molecule has 0 saturated carbocycles. The van der Waals surface area contributed by atoms with Gasteiger partial charge in [-0.1, -0.05) is 29.8 Å². The maximum absolute atomic E-state index is 12.1. The summed E-state index contributed by atoms with van der Waals surface area (Å²) in [5.74, 6) is -1.94. The first kappa shape index (κ1) is 18.7. The minimum absolute atomic E-state index is 0.00947. The second-order valence-electron chi connectivity index (χ2n) is 6.14. The number of primary amides is 1. The molecule has 0 fully saturated rings. The largest absolute Gasteiger partial charge is 0.478 e. The van der Waals surface area contributed by atoms with Gasteiger partial charge in [-0.2, -0.15) is 0 Å². The zero-order chi connectivity index (χ0) is 20.3. The number of hydrogen-bond donors (Lipinski definition) is 5. The van der Waals surface area contributed by atoms with Crippen LogP contribution in [-0.2, 0) is 0 Å². The Labute approximate surface area is 160 Å². The molecule has 3 amide bonds. The number of hydrogen-bond acceptors (Lipinski definition) is 3. The van der Waals surface area contributed by atoms with Crippen molar-refractivity contribution in [2.24, 2.45) is 5.73 Å². The normalized spacial score (nSPS) is 10.3. The number of carboxylic acids is 1. The number of urea groups is 1. The van der Waals surface area contributed by atoms with Crippen LogP contribution in [0.1, 0.15) is 26.4 Å². The Morgan fingerprint density at radius 1 is 0.929 bits per heavy atom. The summed E-state index contributed by atoms with van der Waals surface area (Å²) in [5, 5.41) is 14.7. The van der Waals surface area contributed by atoms with Gasteiger partial charge in [-0.05, 0) is 36.8 Å². The van der Waals surface area contributed by atoms with E-state index in [9.17, 15) is 19.5 Å². The molecule has 0 unspecified atom stereocenters. The van der Waals surface area contributed by atoms with E-state index in [1.54, 1.807) is 36.4 Å². The average Bonchev–Trinajstić information content (AvgIpc) is 3.10. The Kier molecular flexibility index (Phi) is 5.12. The lowest BCUT2D eigenvalue weighted by atomic mass is 10.0.